The van der Waals surface area contributed by atoms with E-state index in [1.807, 2.05) is 36.4 Å². The third-order valence-electron chi connectivity index (χ3n) is 3.14. The number of rotatable bonds is 2. The predicted octanol–water partition coefficient (Wildman–Crippen LogP) is 1.82. The van der Waals surface area contributed by atoms with Gasteiger partial charge in [0.05, 0.1) is 11.4 Å². The molecule has 0 aliphatic rings. The maximum atomic E-state index is 11.7. The van der Waals surface area contributed by atoms with E-state index in [0.29, 0.717) is 11.5 Å². The van der Waals surface area contributed by atoms with Crippen LogP contribution in [-0.4, -0.2) is 14.3 Å². The van der Waals surface area contributed by atoms with Gasteiger partial charge in [-0.1, -0.05) is 18.2 Å². The van der Waals surface area contributed by atoms with Gasteiger partial charge in [0.1, 0.15) is 5.82 Å². The molecule has 0 saturated carbocycles. The summed E-state index contributed by atoms with van der Waals surface area (Å²) >= 11 is 0. The van der Waals surface area contributed by atoms with Gasteiger partial charge in [-0.25, -0.2) is 4.68 Å². The van der Waals surface area contributed by atoms with Crippen molar-refractivity contribution >= 4 is 5.82 Å². The first-order chi connectivity index (χ1) is 9.65. The fourth-order valence-electron chi connectivity index (χ4n) is 2.02. The molecule has 2 N–H and O–H groups in total. The molecule has 0 aliphatic carbocycles. The average molecular weight is 266 g/mol. The average Bonchev–Trinajstić information content (AvgIpc) is 2.85. The number of hydrogen-bond acceptors (Lipinski definition) is 3. The molecule has 0 aliphatic heterocycles. The zero-order valence-electron chi connectivity index (χ0n) is 11.0. The summed E-state index contributed by atoms with van der Waals surface area (Å²) in [6, 6.07) is 14.8. The molecule has 0 spiro atoms. The second kappa shape index (κ2) is 4.70. The molecule has 3 rings (SSSR count). The fourth-order valence-corrected chi connectivity index (χ4v) is 2.02. The Kier molecular flexibility index (Phi) is 2.87. The van der Waals surface area contributed by atoms with Crippen LogP contribution in [-0.2, 0) is 7.05 Å². The largest absolute Gasteiger partial charge is 0.384 e. The summed E-state index contributed by atoms with van der Waals surface area (Å²) in [5.41, 5.74) is 8.25. The van der Waals surface area contributed by atoms with Gasteiger partial charge in [0.25, 0.3) is 5.56 Å². The van der Waals surface area contributed by atoms with E-state index in [-0.39, 0.29) is 5.56 Å². The van der Waals surface area contributed by atoms with E-state index in [1.165, 1.54) is 4.57 Å². The van der Waals surface area contributed by atoms with Crippen LogP contribution < -0.4 is 11.3 Å². The molecule has 0 bridgehead atoms. The highest BCUT2D eigenvalue weighted by molar-refractivity contribution is 5.63. The first-order valence-electron chi connectivity index (χ1n) is 6.23. The van der Waals surface area contributed by atoms with Gasteiger partial charge in [0, 0.05) is 30.9 Å². The number of anilines is 1. The van der Waals surface area contributed by atoms with E-state index in [4.69, 9.17) is 5.73 Å². The van der Waals surface area contributed by atoms with Crippen LogP contribution in [0.2, 0.25) is 0 Å². The molecule has 20 heavy (non-hydrogen) atoms. The second-order valence-corrected chi connectivity index (χ2v) is 4.57. The Bertz CT molecular complexity index is 802. The predicted molar refractivity (Wildman–Crippen MR) is 78.7 cm³/mol. The van der Waals surface area contributed by atoms with Crippen molar-refractivity contribution in [3.8, 4) is 16.9 Å². The molecule has 0 atom stereocenters. The zero-order valence-corrected chi connectivity index (χ0v) is 11.0. The van der Waals surface area contributed by atoms with Crippen LogP contribution in [0.5, 0.6) is 0 Å². The van der Waals surface area contributed by atoms with Crippen LogP contribution in [0, 0.1) is 0 Å². The van der Waals surface area contributed by atoms with Crippen molar-refractivity contribution in [2.75, 3.05) is 5.73 Å². The van der Waals surface area contributed by atoms with Crippen molar-refractivity contribution < 1.29 is 0 Å². The van der Waals surface area contributed by atoms with Crippen molar-refractivity contribution in [2.45, 2.75) is 0 Å². The monoisotopic (exact) mass is 266 g/mol. The van der Waals surface area contributed by atoms with Crippen molar-refractivity contribution in [3.63, 3.8) is 0 Å². The van der Waals surface area contributed by atoms with E-state index >= 15 is 0 Å². The number of para-hydroxylation sites is 1. The lowest BCUT2D eigenvalue weighted by Gasteiger charge is -2.02. The standard InChI is InChI=1S/C15H14N4O/c1-18-8-7-11(9-15(18)20)13-10-14(16)19(17-13)12-5-3-2-4-6-12/h2-10H,16H2,1H3. The third kappa shape index (κ3) is 2.09. The molecule has 3 aromatic rings. The summed E-state index contributed by atoms with van der Waals surface area (Å²) in [6.07, 6.45) is 1.72. The number of nitrogens with zero attached hydrogens (tertiary/aromatic N) is 3. The first-order valence-corrected chi connectivity index (χ1v) is 6.23. The van der Waals surface area contributed by atoms with Gasteiger partial charge in [-0.05, 0) is 18.2 Å². The smallest absolute Gasteiger partial charge is 0.250 e. The van der Waals surface area contributed by atoms with E-state index in [0.717, 1.165) is 11.3 Å². The zero-order chi connectivity index (χ0) is 14.1. The minimum atomic E-state index is -0.0738. The lowest BCUT2D eigenvalue weighted by atomic mass is 10.2. The van der Waals surface area contributed by atoms with E-state index in [9.17, 15) is 4.79 Å². The molecule has 0 fully saturated rings. The number of nitrogens with two attached hydrogens (primary N) is 1. The van der Waals surface area contributed by atoms with Gasteiger partial charge in [-0.15, -0.1) is 0 Å². The van der Waals surface area contributed by atoms with Crippen LogP contribution in [0.1, 0.15) is 0 Å². The van der Waals surface area contributed by atoms with Gasteiger partial charge in [-0.3, -0.25) is 4.79 Å². The number of benzene rings is 1. The van der Waals surface area contributed by atoms with Gasteiger partial charge in [0.2, 0.25) is 0 Å². The topological polar surface area (TPSA) is 65.8 Å². The van der Waals surface area contributed by atoms with Crippen LogP contribution in [0.15, 0.2) is 59.5 Å². The number of pyridine rings is 1. The molecule has 0 radical (unpaired) electrons. The minimum absolute atomic E-state index is 0.0738. The summed E-state index contributed by atoms with van der Waals surface area (Å²) in [5, 5.41) is 4.46. The molecule has 0 amide bonds. The van der Waals surface area contributed by atoms with Gasteiger partial charge >= 0.3 is 0 Å². The third-order valence-corrected chi connectivity index (χ3v) is 3.14. The maximum Gasteiger partial charge on any atom is 0.250 e. The van der Waals surface area contributed by atoms with Crippen LogP contribution in [0.4, 0.5) is 5.82 Å². The Morgan fingerprint density at radius 3 is 2.55 bits per heavy atom. The SMILES string of the molecule is Cn1ccc(-c2cc(N)n(-c3ccccc3)n2)cc1=O. The number of aryl methyl sites for hydroxylation is 1. The van der Waals surface area contributed by atoms with E-state index in [2.05, 4.69) is 5.10 Å². The minimum Gasteiger partial charge on any atom is -0.384 e. The van der Waals surface area contributed by atoms with Crippen molar-refractivity contribution in [1.82, 2.24) is 14.3 Å². The highest BCUT2D eigenvalue weighted by Crippen LogP contribution is 2.21. The van der Waals surface area contributed by atoms with Crippen molar-refractivity contribution in [1.29, 1.82) is 0 Å². The van der Waals surface area contributed by atoms with Crippen molar-refractivity contribution in [3.05, 3.63) is 65.1 Å². The van der Waals surface area contributed by atoms with Crippen molar-refractivity contribution in [2.24, 2.45) is 7.05 Å². The fraction of sp³-hybridized carbons (Fsp3) is 0.0667. The Morgan fingerprint density at radius 1 is 1.10 bits per heavy atom. The maximum absolute atomic E-state index is 11.7. The first kappa shape index (κ1) is 12.2. The molecule has 0 saturated heterocycles. The Morgan fingerprint density at radius 2 is 1.85 bits per heavy atom. The van der Waals surface area contributed by atoms with Gasteiger partial charge < -0.3 is 10.3 Å². The van der Waals surface area contributed by atoms with Gasteiger partial charge in [-0.2, -0.15) is 5.10 Å². The molecular weight excluding hydrogens is 252 g/mol. The molecule has 1 aromatic carbocycles. The van der Waals surface area contributed by atoms with Gasteiger partial charge in [0.15, 0.2) is 0 Å². The molecule has 5 heteroatoms. The Hall–Kier alpha value is -2.82. The lowest BCUT2D eigenvalue weighted by molar-refractivity contribution is 0.858. The van der Waals surface area contributed by atoms with Crippen LogP contribution in [0.25, 0.3) is 16.9 Å². The molecule has 100 valence electrons. The highest BCUT2D eigenvalue weighted by atomic mass is 16.1. The summed E-state index contributed by atoms with van der Waals surface area (Å²) in [5.74, 6) is 0.534. The number of nitrogen functional groups attached to an aromatic ring is 1. The Balaban J connectivity index is 2.09. The Labute approximate surface area is 115 Å². The molecule has 0 unspecified atom stereocenters. The highest BCUT2D eigenvalue weighted by Gasteiger charge is 2.09. The van der Waals surface area contributed by atoms with E-state index in [1.54, 1.807) is 30.1 Å². The summed E-state index contributed by atoms with van der Waals surface area (Å²) in [6.45, 7) is 0. The van der Waals surface area contributed by atoms with Crippen LogP contribution in [0.3, 0.4) is 0 Å². The normalized spacial score (nSPS) is 10.7. The molecule has 5 nitrogen and oxygen atoms in total. The van der Waals surface area contributed by atoms with E-state index < -0.39 is 0 Å². The quantitative estimate of drug-likeness (QED) is 0.769. The molecular formula is C15H14N4O. The summed E-state index contributed by atoms with van der Waals surface area (Å²) < 4.78 is 3.17. The number of hydrogen-bond donors (Lipinski definition) is 1. The summed E-state index contributed by atoms with van der Waals surface area (Å²) in [7, 11) is 1.71. The molecule has 2 aromatic heterocycles. The lowest BCUT2D eigenvalue weighted by Crippen LogP contribution is -2.14. The second-order valence-electron chi connectivity index (χ2n) is 4.57. The summed E-state index contributed by atoms with van der Waals surface area (Å²) in [4.78, 5) is 11.7. The number of aromatic nitrogens is 3. The van der Waals surface area contributed by atoms with Crippen LogP contribution >= 0.6 is 0 Å². The molecule has 2 heterocycles.